The molecule has 0 aromatic heterocycles. The molecule has 1 fully saturated rings. The summed E-state index contributed by atoms with van der Waals surface area (Å²) >= 11 is 0. The summed E-state index contributed by atoms with van der Waals surface area (Å²) in [7, 11) is 0. The van der Waals surface area contributed by atoms with Crippen molar-refractivity contribution in [3.63, 3.8) is 0 Å². The molecule has 2 rings (SSSR count). The van der Waals surface area contributed by atoms with Gasteiger partial charge in [-0.1, -0.05) is 18.2 Å². The van der Waals surface area contributed by atoms with Crippen LogP contribution in [0.2, 0.25) is 0 Å². The van der Waals surface area contributed by atoms with Crippen molar-refractivity contribution >= 4 is 0 Å². The van der Waals surface area contributed by atoms with Gasteiger partial charge in [0.15, 0.2) is 6.23 Å². The molecule has 0 aromatic carbocycles. The van der Waals surface area contributed by atoms with Crippen molar-refractivity contribution < 1.29 is 4.74 Å². The van der Waals surface area contributed by atoms with E-state index in [-0.39, 0.29) is 6.23 Å². The van der Waals surface area contributed by atoms with E-state index in [1.54, 1.807) is 0 Å². The average Bonchev–Trinajstić information content (AvgIpc) is 2.89. The summed E-state index contributed by atoms with van der Waals surface area (Å²) in [4.78, 5) is 4.71. The average molecular weight is 249 g/mol. The molecule has 1 saturated heterocycles. The van der Waals surface area contributed by atoms with Gasteiger partial charge < -0.3 is 15.4 Å². The van der Waals surface area contributed by atoms with Gasteiger partial charge >= 0.3 is 0 Å². The Morgan fingerprint density at radius 2 is 2.06 bits per heavy atom. The summed E-state index contributed by atoms with van der Waals surface area (Å²) in [6.45, 7) is 4.53. The minimum atomic E-state index is 0.0398. The van der Waals surface area contributed by atoms with E-state index in [0.717, 1.165) is 6.67 Å². The molecule has 0 spiro atoms. The summed E-state index contributed by atoms with van der Waals surface area (Å²) in [5.41, 5.74) is 5.40. The highest BCUT2D eigenvalue weighted by Crippen LogP contribution is 2.14. The maximum atomic E-state index is 5.83. The van der Waals surface area contributed by atoms with Crippen molar-refractivity contribution in [1.82, 2.24) is 9.80 Å². The molecule has 4 nitrogen and oxygen atoms in total. The van der Waals surface area contributed by atoms with Gasteiger partial charge in [0, 0.05) is 12.7 Å². The summed E-state index contributed by atoms with van der Waals surface area (Å²) < 4.78 is 5.83. The number of allylic oxidation sites excluding steroid dienone is 2. The Morgan fingerprint density at radius 1 is 1.22 bits per heavy atom. The van der Waals surface area contributed by atoms with Crippen LogP contribution in [-0.4, -0.2) is 48.9 Å². The van der Waals surface area contributed by atoms with Crippen LogP contribution in [0, 0.1) is 0 Å². The number of likely N-dealkylation sites (tertiary alicyclic amines) is 1. The van der Waals surface area contributed by atoms with Crippen LogP contribution < -0.4 is 5.73 Å². The van der Waals surface area contributed by atoms with Crippen molar-refractivity contribution in [1.29, 1.82) is 0 Å². The number of nitrogens with zero attached hydrogens (tertiary/aromatic N) is 2. The van der Waals surface area contributed by atoms with Crippen LogP contribution in [0.3, 0.4) is 0 Å². The first-order chi connectivity index (χ1) is 8.90. The quantitative estimate of drug-likeness (QED) is 0.720. The molecule has 18 heavy (non-hydrogen) atoms. The van der Waals surface area contributed by atoms with E-state index in [9.17, 15) is 0 Å². The highest BCUT2D eigenvalue weighted by Gasteiger charge is 2.19. The van der Waals surface area contributed by atoms with E-state index in [1.807, 2.05) is 18.2 Å². The smallest absolute Gasteiger partial charge is 0.150 e. The normalized spacial score (nSPS) is 24.5. The van der Waals surface area contributed by atoms with Crippen molar-refractivity contribution in [2.45, 2.75) is 19.1 Å². The van der Waals surface area contributed by atoms with Gasteiger partial charge in [-0.25, -0.2) is 0 Å². The van der Waals surface area contributed by atoms with Crippen LogP contribution in [-0.2, 0) is 4.74 Å². The van der Waals surface area contributed by atoms with Gasteiger partial charge in [0.2, 0.25) is 0 Å². The standard InChI is InChI=1S/C14H23N3O/c15-8-2-6-12-18-14-7-1-3-11-17(14)13-16-9-4-5-10-16/h1-3,6-7,11,14H,4-5,8-10,12-13,15H2/b6-2-. The van der Waals surface area contributed by atoms with Gasteiger partial charge in [-0.3, -0.25) is 4.90 Å². The minimum absolute atomic E-state index is 0.0398. The molecule has 2 aliphatic heterocycles. The topological polar surface area (TPSA) is 41.7 Å². The Kier molecular flexibility index (Phi) is 5.45. The molecule has 2 N–H and O–H groups in total. The zero-order valence-corrected chi connectivity index (χ0v) is 10.9. The van der Waals surface area contributed by atoms with E-state index >= 15 is 0 Å². The lowest BCUT2D eigenvalue weighted by Crippen LogP contribution is -2.41. The van der Waals surface area contributed by atoms with Crippen LogP contribution in [0.1, 0.15) is 12.8 Å². The Hall–Kier alpha value is -1.10. The zero-order chi connectivity index (χ0) is 12.6. The second kappa shape index (κ2) is 7.36. The lowest BCUT2D eigenvalue weighted by Gasteiger charge is -2.33. The Labute approximate surface area is 109 Å². The predicted molar refractivity (Wildman–Crippen MR) is 73.7 cm³/mol. The Balaban J connectivity index is 1.80. The molecule has 0 saturated carbocycles. The Morgan fingerprint density at radius 3 is 2.83 bits per heavy atom. The van der Waals surface area contributed by atoms with E-state index in [4.69, 9.17) is 10.5 Å². The molecule has 0 amide bonds. The summed E-state index contributed by atoms with van der Waals surface area (Å²) in [6.07, 6.45) is 14.9. The van der Waals surface area contributed by atoms with Gasteiger partial charge in [0.25, 0.3) is 0 Å². The van der Waals surface area contributed by atoms with Crippen LogP contribution in [0.5, 0.6) is 0 Å². The third kappa shape index (κ3) is 3.98. The van der Waals surface area contributed by atoms with Crippen molar-refractivity contribution in [2.24, 2.45) is 5.73 Å². The molecule has 1 unspecified atom stereocenters. The fourth-order valence-corrected chi connectivity index (χ4v) is 2.27. The summed E-state index contributed by atoms with van der Waals surface area (Å²) in [5.74, 6) is 0. The van der Waals surface area contributed by atoms with Crippen molar-refractivity contribution in [3.05, 3.63) is 36.6 Å². The van der Waals surface area contributed by atoms with Crippen LogP contribution >= 0.6 is 0 Å². The molecular formula is C14H23N3O. The van der Waals surface area contributed by atoms with Gasteiger partial charge in [0.1, 0.15) is 0 Å². The number of nitrogens with two attached hydrogens (primary N) is 1. The van der Waals surface area contributed by atoms with E-state index < -0.39 is 0 Å². The minimum Gasteiger partial charge on any atom is -0.351 e. The molecule has 0 bridgehead atoms. The number of hydrogen-bond donors (Lipinski definition) is 1. The Bertz CT molecular complexity index is 319. The van der Waals surface area contributed by atoms with E-state index in [2.05, 4.69) is 28.2 Å². The molecule has 4 heteroatoms. The zero-order valence-electron chi connectivity index (χ0n) is 10.9. The van der Waals surface area contributed by atoms with Crippen molar-refractivity contribution in [2.75, 3.05) is 32.9 Å². The van der Waals surface area contributed by atoms with Gasteiger partial charge in [0.05, 0.1) is 13.3 Å². The highest BCUT2D eigenvalue weighted by molar-refractivity contribution is 5.11. The lowest BCUT2D eigenvalue weighted by atomic mass is 10.3. The molecule has 2 heterocycles. The van der Waals surface area contributed by atoms with E-state index in [0.29, 0.717) is 13.2 Å². The maximum Gasteiger partial charge on any atom is 0.150 e. The van der Waals surface area contributed by atoms with Gasteiger partial charge in [-0.15, -0.1) is 0 Å². The molecule has 1 atom stereocenters. The summed E-state index contributed by atoms with van der Waals surface area (Å²) in [5, 5.41) is 0. The number of rotatable bonds is 6. The predicted octanol–water partition coefficient (Wildman–Crippen LogP) is 1.28. The highest BCUT2D eigenvalue weighted by atomic mass is 16.5. The first-order valence-corrected chi connectivity index (χ1v) is 6.70. The first kappa shape index (κ1) is 13.3. The number of ether oxygens (including phenoxy) is 1. The second-order valence-corrected chi connectivity index (χ2v) is 4.64. The SMILES string of the molecule is NC/C=C\COC1C=CC=CN1CN1CCCC1. The molecule has 2 aliphatic rings. The maximum absolute atomic E-state index is 5.83. The van der Waals surface area contributed by atoms with Crippen LogP contribution in [0.15, 0.2) is 36.6 Å². The van der Waals surface area contributed by atoms with Gasteiger partial charge in [-0.2, -0.15) is 0 Å². The van der Waals surface area contributed by atoms with Crippen molar-refractivity contribution in [3.8, 4) is 0 Å². The third-order valence-corrected chi connectivity index (χ3v) is 3.22. The fraction of sp³-hybridized carbons (Fsp3) is 0.571. The second-order valence-electron chi connectivity index (χ2n) is 4.64. The third-order valence-electron chi connectivity index (χ3n) is 3.22. The monoisotopic (exact) mass is 249 g/mol. The molecule has 100 valence electrons. The molecule has 0 radical (unpaired) electrons. The molecule has 0 aliphatic carbocycles. The van der Waals surface area contributed by atoms with Crippen LogP contribution in [0.25, 0.3) is 0 Å². The number of hydrogen-bond acceptors (Lipinski definition) is 4. The largest absolute Gasteiger partial charge is 0.351 e. The lowest BCUT2D eigenvalue weighted by molar-refractivity contribution is -0.0121. The van der Waals surface area contributed by atoms with Gasteiger partial charge in [-0.05, 0) is 38.1 Å². The fourth-order valence-electron chi connectivity index (χ4n) is 2.27. The van der Waals surface area contributed by atoms with E-state index in [1.165, 1.54) is 25.9 Å². The molecule has 0 aromatic rings. The summed E-state index contributed by atoms with van der Waals surface area (Å²) in [6, 6.07) is 0. The first-order valence-electron chi connectivity index (χ1n) is 6.70. The van der Waals surface area contributed by atoms with Crippen LogP contribution in [0.4, 0.5) is 0 Å². The molecular weight excluding hydrogens is 226 g/mol.